The lowest BCUT2D eigenvalue weighted by molar-refractivity contribution is -0.137. The van der Waals surface area contributed by atoms with Crippen LogP contribution in [0.15, 0.2) is 77.7 Å². The number of aliphatic hydroxyl groups is 1. The van der Waals surface area contributed by atoms with Gasteiger partial charge in [0, 0.05) is 23.8 Å². The van der Waals surface area contributed by atoms with E-state index in [1.807, 2.05) is 17.0 Å². The molecule has 0 aliphatic carbocycles. The molecule has 1 heterocycles. The summed E-state index contributed by atoms with van der Waals surface area (Å²) in [5.74, 6) is -0.261. The highest BCUT2D eigenvalue weighted by Gasteiger charge is 2.34. The van der Waals surface area contributed by atoms with Gasteiger partial charge in [0.05, 0.1) is 35.3 Å². The summed E-state index contributed by atoms with van der Waals surface area (Å²) in [6.07, 6.45) is -3.69. The van der Waals surface area contributed by atoms with Gasteiger partial charge in [-0.3, -0.25) is 4.79 Å². The van der Waals surface area contributed by atoms with Gasteiger partial charge in [-0.25, -0.2) is 8.42 Å². The van der Waals surface area contributed by atoms with Gasteiger partial charge in [0.15, 0.2) is 9.84 Å². The summed E-state index contributed by atoms with van der Waals surface area (Å²) in [6.45, 7) is 2.04. The molecule has 1 saturated heterocycles. The summed E-state index contributed by atoms with van der Waals surface area (Å²) in [5.41, 5.74) is 2.22. The molecule has 2 atom stereocenters. The Balaban J connectivity index is 1.38. The molecule has 3 aromatic rings. The van der Waals surface area contributed by atoms with Gasteiger partial charge < -0.3 is 15.3 Å². The summed E-state index contributed by atoms with van der Waals surface area (Å²) in [5, 5.41) is 12.7. The van der Waals surface area contributed by atoms with Crippen LogP contribution < -0.4 is 10.2 Å². The summed E-state index contributed by atoms with van der Waals surface area (Å²) in [7, 11) is -3.30. The van der Waals surface area contributed by atoms with Crippen LogP contribution in [-0.4, -0.2) is 44.4 Å². The van der Waals surface area contributed by atoms with Gasteiger partial charge in [0.1, 0.15) is 0 Å². The number of hydrogen-bond acceptors (Lipinski definition) is 5. The standard InChI is InChI=1S/C28H29F3N2O4S/c1-2-38(36,37)26-13-3-19(4-14-26)15-27(35)32-23-9-11-24(12-10-23)33-17-21(16-25(33)18-34)20-5-7-22(8-6-20)28(29,30)31/h3-14,21,25,34H,2,15-18H2,1H3,(H,32,35)/t21?,25-/m1/s1. The Kier molecular flexibility index (Phi) is 8.13. The molecular weight excluding hydrogens is 517 g/mol. The molecule has 0 aromatic heterocycles. The lowest BCUT2D eigenvalue weighted by Crippen LogP contribution is -2.32. The Morgan fingerprint density at radius 2 is 1.63 bits per heavy atom. The molecule has 4 rings (SSSR count). The third kappa shape index (κ3) is 6.36. The molecule has 202 valence electrons. The van der Waals surface area contributed by atoms with Crippen molar-refractivity contribution in [1.82, 2.24) is 0 Å². The van der Waals surface area contributed by atoms with E-state index in [1.54, 1.807) is 31.2 Å². The second-order valence-electron chi connectivity index (χ2n) is 9.36. The Bertz CT molecular complexity index is 1360. The number of anilines is 2. The third-order valence-electron chi connectivity index (χ3n) is 6.84. The molecule has 0 radical (unpaired) electrons. The number of hydrogen-bond donors (Lipinski definition) is 2. The molecule has 2 N–H and O–H groups in total. The van der Waals surface area contributed by atoms with Gasteiger partial charge in [0.2, 0.25) is 5.91 Å². The van der Waals surface area contributed by atoms with Crippen LogP contribution in [0.25, 0.3) is 0 Å². The number of nitrogens with one attached hydrogen (secondary N) is 1. The Hall–Kier alpha value is -3.37. The molecule has 10 heteroatoms. The summed E-state index contributed by atoms with van der Waals surface area (Å²) in [4.78, 5) is 14.8. The smallest absolute Gasteiger partial charge is 0.394 e. The van der Waals surface area contributed by atoms with Crippen LogP contribution in [0.4, 0.5) is 24.5 Å². The van der Waals surface area contributed by atoms with Crippen molar-refractivity contribution >= 4 is 27.1 Å². The molecule has 1 fully saturated rings. The molecule has 1 unspecified atom stereocenters. The molecule has 1 amide bonds. The van der Waals surface area contributed by atoms with Gasteiger partial charge in [-0.05, 0) is 66.1 Å². The summed E-state index contributed by atoms with van der Waals surface area (Å²) in [6, 6.07) is 18.4. The second-order valence-corrected chi connectivity index (χ2v) is 11.6. The third-order valence-corrected chi connectivity index (χ3v) is 8.59. The second kappa shape index (κ2) is 11.2. The van der Waals surface area contributed by atoms with Crippen LogP contribution in [0.3, 0.4) is 0 Å². The highest BCUT2D eigenvalue weighted by Crippen LogP contribution is 2.37. The van der Waals surface area contributed by atoms with E-state index in [4.69, 9.17) is 0 Å². The van der Waals surface area contributed by atoms with E-state index >= 15 is 0 Å². The fraction of sp³-hybridized carbons (Fsp3) is 0.321. The number of carbonyl (C=O) groups excluding carboxylic acids is 1. The van der Waals surface area contributed by atoms with E-state index in [0.717, 1.165) is 23.4 Å². The number of carbonyl (C=O) groups is 1. The number of alkyl halides is 3. The van der Waals surface area contributed by atoms with E-state index in [-0.39, 0.29) is 41.5 Å². The number of sulfone groups is 1. The number of nitrogens with zero attached hydrogens (tertiary/aromatic N) is 1. The van der Waals surface area contributed by atoms with Gasteiger partial charge in [-0.1, -0.05) is 31.2 Å². The van der Waals surface area contributed by atoms with E-state index in [0.29, 0.717) is 24.2 Å². The first-order valence-corrected chi connectivity index (χ1v) is 13.9. The topological polar surface area (TPSA) is 86.7 Å². The fourth-order valence-corrected chi connectivity index (χ4v) is 5.58. The Morgan fingerprint density at radius 1 is 1.00 bits per heavy atom. The number of halogens is 3. The van der Waals surface area contributed by atoms with Crippen molar-refractivity contribution in [3.05, 3.63) is 89.5 Å². The monoisotopic (exact) mass is 546 g/mol. The molecule has 1 aliphatic heterocycles. The zero-order chi connectivity index (χ0) is 27.5. The maximum atomic E-state index is 12.9. The predicted molar refractivity (Wildman–Crippen MR) is 140 cm³/mol. The maximum absolute atomic E-state index is 12.9. The first kappa shape index (κ1) is 27.7. The molecule has 6 nitrogen and oxygen atoms in total. The highest BCUT2D eigenvalue weighted by atomic mass is 32.2. The number of aliphatic hydroxyl groups excluding tert-OH is 1. The predicted octanol–water partition coefficient (Wildman–Crippen LogP) is 5.04. The van der Waals surface area contributed by atoms with Crippen LogP contribution in [0.2, 0.25) is 0 Å². The zero-order valence-electron chi connectivity index (χ0n) is 20.8. The average Bonchev–Trinajstić information content (AvgIpc) is 3.33. The lowest BCUT2D eigenvalue weighted by Gasteiger charge is -2.25. The lowest BCUT2D eigenvalue weighted by atomic mass is 9.95. The molecule has 3 aromatic carbocycles. The van der Waals surface area contributed by atoms with Crippen molar-refractivity contribution in [2.24, 2.45) is 0 Å². The number of amides is 1. The van der Waals surface area contributed by atoms with Crippen LogP contribution >= 0.6 is 0 Å². The van der Waals surface area contributed by atoms with E-state index < -0.39 is 21.6 Å². The quantitative estimate of drug-likeness (QED) is 0.414. The van der Waals surface area contributed by atoms with Gasteiger partial charge >= 0.3 is 6.18 Å². The average molecular weight is 547 g/mol. The molecule has 0 spiro atoms. The summed E-state index contributed by atoms with van der Waals surface area (Å²) >= 11 is 0. The molecule has 0 saturated carbocycles. The van der Waals surface area contributed by atoms with Crippen molar-refractivity contribution in [3.63, 3.8) is 0 Å². The highest BCUT2D eigenvalue weighted by molar-refractivity contribution is 7.91. The van der Waals surface area contributed by atoms with E-state index in [9.17, 15) is 31.5 Å². The zero-order valence-corrected chi connectivity index (χ0v) is 21.6. The molecule has 1 aliphatic rings. The van der Waals surface area contributed by atoms with Crippen LogP contribution in [0.1, 0.15) is 36.0 Å². The largest absolute Gasteiger partial charge is 0.416 e. The van der Waals surface area contributed by atoms with Crippen LogP contribution in [0.5, 0.6) is 0 Å². The number of rotatable bonds is 8. The van der Waals surface area contributed by atoms with Crippen molar-refractivity contribution in [3.8, 4) is 0 Å². The fourth-order valence-electron chi connectivity index (χ4n) is 4.70. The van der Waals surface area contributed by atoms with Crippen molar-refractivity contribution < 1.29 is 31.5 Å². The van der Waals surface area contributed by atoms with Crippen LogP contribution in [-0.2, 0) is 27.2 Å². The Morgan fingerprint density at radius 3 is 2.18 bits per heavy atom. The first-order chi connectivity index (χ1) is 18.0. The number of benzene rings is 3. The van der Waals surface area contributed by atoms with Crippen LogP contribution in [0, 0.1) is 0 Å². The van der Waals surface area contributed by atoms with Gasteiger partial charge in [-0.15, -0.1) is 0 Å². The van der Waals surface area contributed by atoms with Gasteiger partial charge in [0.25, 0.3) is 0 Å². The van der Waals surface area contributed by atoms with E-state index in [1.165, 1.54) is 24.3 Å². The molecule has 0 bridgehead atoms. The maximum Gasteiger partial charge on any atom is 0.416 e. The SMILES string of the molecule is CCS(=O)(=O)c1ccc(CC(=O)Nc2ccc(N3CC(c4ccc(C(F)(F)F)cc4)C[C@@H]3CO)cc2)cc1. The van der Waals surface area contributed by atoms with Gasteiger partial charge in [-0.2, -0.15) is 13.2 Å². The summed E-state index contributed by atoms with van der Waals surface area (Å²) < 4.78 is 62.6. The minimum atomic E-state index is -4.38. The minimum absolute atomic E-state index is 0.00895. The van der Waals surface area contributed by atoms with Crippen molar-refractivity contribution in [1.29, 1.82) is 0 Å². The molecular formula is C28H29F3N2O4S. The minimum Gasteiger partial charge on any atom is -0.394 e. The van der Waals surface area contributed by atoms with Crippen molar-refractivity contribution in [2.45, 2.75) is 42.8 Å². The Labute approximate surface area is 220 Å². The van der Waals surface area contributed by atoms with E-state index in [2.05, 4.69) is 5.32 Å². The first-order valence-electron chi connectivity index (χ1n) is 12.3. The normalized spacial score (nSPS) is 18.0. The molecule has 38 heavy (non-hydrogen) atoms. The van der Waals surface area contributed by atoms with Crippen molar-refractivity contribution in [2.75, 3.05) is 29.1 Å².